The molecule has 35 heavy (non-hydrogen) atoms. The van der Waals surface area contributed by atoms with E-state index in [2.05, 4.69) is 21.2 Å². The van der Waals surface area contributed by atoms with E-state index in [1.165, 1.54) is 26.4 Å². The Morgan fingerprint density at radius 2 is 1.71 bits per heavy atom. The van der Waals surface area contributed by atoms with E-state index in [4.69, 9.17) is 32.7 Å². The molecule has 0 aromatic heterocycles. The topological polar surface area (TPSA) is 122 Å². The molecule has 2 heterocycles. The van der Waals surface area contributed by atoms with Crippen molar-refractivity contribution < 1.29 is 33.8 Å². The van der Waals surface area contributed by atoms with Gasteiger partial charge in [0.2, 0.25) is 11.8 Å². The second-order valence-electron chi connectivity index (χ2n) is 9.10. The summed E-state index contributed by atoms with van der Waals surface area (Å²) in [6.45, 7) is 0. The number of phenols is 1. The molecule has 1 aromatic rings. The number of rotatable bonds is 4. The van der Waals surface area contributed by atoms with E-state index in [0.717, 1.165) is 4.90 Å². The minimum atomic E-state index is -1.99. The first-order valence-corrected chi connectivity index (χ1v) is 12.7. The number of imide groups is 2. The third kappa shape index (κ3) is 2.99. The number of likely N-dealkylation sites (tertiary alicyclic amines) is 1. The predicted molar refractivity (Wildman–Crippen MR) is 128 cm³/mol. The van der Waals surface area contributed by atoms with Crippen LogP contribution in [0.25, 0.3) is 0 Å². The van der Waals surface area contributed by atoms with E-state index in [9.17, 15) is 24.3 Å². The molecule has 4 amide bonds. The number of hydrogen-bond acceptors (Lipinski definition) is 7. The normalized spacial score (nSPS) is 35.8. The van der Waals surface area contributed by atoms with Crippen LogP contribution in [0.5, 0.6) is 17.2 Å². The number of ether oxygens (including phenoxy) is 2. The number of fused-ring (bicyclic) bond motifs is 4. The maximum atomic E-state index is 13.7. The lowest BCUT2D eigenvalue weighted by Gasteiger charge is -2.51. The highest BCUT2D eigenvalue weighted by molar-refractivity contribution is 9.09. The van der Waals surface area contributed by atoms with Crippen molar-refractivity contribution in [2.75, 3.05) is 19.7 Å². The van der Waals surface area contributed by atoms with Crippen LogP contribution in [0, 0.1) is 17.8 Å². The Balaban J connectivity index is 1.83. The van der Waals surface area contributed by atoms with Crippen LogP contribution >= 0.6 is 39.1 Å². The lowest BCUT2D eigenvalue weighted by Crippen LogP contribution is -2.60. The number of nitrogens with zero attached hydrogens (tertiary/aromatic N) is 1. The number of nitrogens with one attached hydrogen (secondary N) is 1. The molecule has 4 aliphatic rings. The fraction of sp³-hybridized carbons (Fsp3) is 0.478. The summed E-state index contributed by atoms with van der Waals surface area (Å²) in [5.41, 5.74) is 0.783. The van der Waals surface area contributed by atoms with Gasteiger partial charge in [0.25, 0.3) is 11.8 Å². The van der Waals surface area contributed by atoms with Crippen LogP contribution in [-0.2, 0) is 19.2 Å². The van der Waals surface area contributed by atoms with Crippen molar-refractivity contribution in [1.29, 1.82) is 0 Å². The summed E-state index contributed by atoms with van der Waals surface area (Å²) in [7, 11) is 2.77. The molecule has 6 atom stereocenters. The molecule has 2 aliphatic heterocycles. The number of methoxy groups -OCH3 is 2. The molecular weight excluding hydrogens is 567 g/mol. The first-order chi connectivity index (χ1) is 16.5. The Kier molecular flexibility index (Phi) is 5.65. The smallest absolute Gasteiger partial charge is 0.254 e. The number of benzene rings is 1. The summed E-state index contributed by atoms with van der Waals surface area (Å²) in [6.07, 6.45) is 1.94. The zero-order valence-electron chi connectivity index (χ0n) is 18.6. The zero-order chi connectivity index (χ0) is 25.4. The largest absolute Gasteiger partial charge is 0.508 e. The van der Waals surface area contributed by atoms with Crippen LogP contribution in [0.1, 0.15) is 24.3 Å². The van der Waals surface area contributed by atoms with Gasteiger partial charge >= 0.3 is 0 Å². The van der Waals surface area contributed by atoms with Crippen molar-refractivity contribution in [3.05, 3.63) is 29.3 Å². The van der Waals surface area contributed by atoms with Gasteiger partial charge in [-0.2, -0.15) is 0 Å². The van der Waals surface area contributed by atoms with Gasteiger partial charge in [-0.3, -0.25) is 29.4 Å². The van der Waals surface area contributed by atoms with Gasteiger partial charge in [-0.05, 0) is 18.8 Å². The molecule has 2 saturated heterocycles. The molecular formula is C23H21BrCl2N2O7. The minimum absolute atomic E-state index is 0.112. The molecule has 9 nitrogen and oxygen atoms in total. The molecule has 5 rings (SSSR count). The minimum Gasteiger partial charge on any atom is -0.508 e. The molecule has 3 fully saturated rings. The molecule has 6 unspecified atom stereocenters. The standard InChI is InChI=1S/C23H21BrCl2N2O7/c1-34-13-5-9(29)6-14(35-2)16(13)17-10-3-4-11-15(19(31)27-18(11)30)12(10)7-22(25)20(32)28(8-24)21(33)23(17,22)26/h3,5-6,11-12,15,17,29H,4,7-8H2,1-2H3,(H,27,30,31). The van der Waals surface area contributed by atoms with Crippen LogP contribution in [0.4, 0.5) is 0 Å². The van der Waals surface area contributed by atoms with Crippen LogP contribution < -0.4 is 14.8 Å². The fourth-order valence-corrected chi connectivity index (χ4v) is 7.60. The van der Waals surface area contributed by atoms with E-state index < -0.39 is 51.1 Å². The number of amides is 4. The molecule has 1 aromatic carbocycles. The highest BCUT2D eigenvalue weighted by Gasteiger charge is 2.76. The number of hydrogen-bond donors (Lipinski definition) is 2. The maximum Gasteiger partial charge on any atom is 0.254 e. The highest BCUT2D eigenvalue weighted by Crippen LogP contribution is 2.67. The van der Waals surface area contributed by atoms with Crippen LogP contribution in [0.2, 0.25) is 0 Å². The van der Waals surface area contributed by atoms with Gasteiger partial charge in [-0.25, -0.2) is 0 Å². The lowest BCUT2D eigenvalue weighted by atomic mass is 9.56. The lowest BCUT2D eigenvalue weighted by molar-refractivity contribution is -0.138. The second kappa shape index (κ2) is 8.11. The van der Waals surface area contributed by atoms with Crippen molar-refractivity contribution >= 4 is 62.8 Å². The van der Waals surface area contributed by atoms with Gasteiger partial charge in [0.1, 0.15) is 17.2 Å². The Bertz CT molecular complexity index is 1200. The third-order valence-corrected chi connectivity index (χ3v) is 9.59. The fourth-order valence-electron chi connectivity index (χ4n) is 6.19. The molecule has 186 valence electrons. The van der Waals surface area contributed by atoms with Crippen LogP contribution in [0.3, 0.4) is 0 Å². The average molecular weight is 588 g/mol. The maximum absolute atomic E-state index is 13.7. The van der Waals surface area contributed by atoms with Crippen LogP contribution in [-0.4, -0.2) is 63.1 Å². The third-order valence-electron chi connectivity index (χ3n) is 7.67. The number of allylic oxidation sites excluding steroid dienone is 2. The van der Waals surface area contributed by atoms with E-state index in [1.807, 2.05) is 0 Å². The van der Waals surface area contributed by atoms with E-state index in [-0.39, 0.29) is 41.5 Å². The van der Waals surface area contributed by atoms with Gasteiger partial charge in [-0.1, -0.05) is 27.6 Å². The van der Waals surface area contributed by atoms with E-state index in [1.54, 1.807) is 6.08 Å². The van der Waals surface area contributed by atoms with Crippen molar-refractivity contribution in [1.82, 2.24) is 10.2 Å². The number of carbonyl (C=O) groups is 4. The molecule has 2 aliphatic carbocycles. The van der Waals surface area contributed by atoms with Gasteiger partial charge in [0, 0.05) is 23.6 Å². The molecule has 0 spiro atoms. The van der Waals surface area contributed by atoms with Gasteiger partial charge in [0.15, 0.2) is 9.75 Å². The SMILES string of the molecule is COc1cc(O)cc(OC)c1C1C2=CCC3C(=O)NC(=O)C3C2CC2(Cl)C(=O)N(CBr)C(=O)C12Cl. The van der Waals surface area contributed by atoms with Crippen molar-refractivity contribution in [2.45, 2.75) is 28.5 Å². The number of alkyl halides is 3. The quantitative estimate of drug-likeness (QED) is 0.240. The average Bonchev–Trinajstić information content (AvgIpc) is 3.20. The summed E-state index contributed by atoms with van der Waals surface area (Å²) < 4.78 is 11.1. The van der Waals surface area contributed by atoms with Gasteiger partial charge in [-0.15, -0.1) is 23.2 Å². The number of carbonyl (C=O) groups excluding carboxylic acids is 4. The monoisotopic (exact) mass is 586 g/mol. The van der Waals surface area contributed by atoms with Crippen molar-refractivity contribution in [2.24, 2.45) is 17.8 Å². The van der Waals surface area contributed by atoms with Gasteiger partial charge < -0.3 is 14.6 Å². The second-order valence-corrected chi connectivity index (χ2v) is 10.8. The van der Waals surface area contributed by atoms with Gasteiger partial charge in [0.05, 0.1) is 31.5 Å². The number of halogens is 3. The number of phenolic OH excluding ortho intramolecular Hbond substituents is 1. The molecule has 1 saturated carbocycles. The van der Waals surface area contributed by atoms with Crippen LogP contribution in [0.15, 0.2) is 23.8 Å². The Morgan fingerprint density at radius 1 is 1.09 bits per heavy atom. The summed E-state index contributed by atoms with van der Waals surface area (Å²) in [4.78, 5) is 49.6. The van der Waals surface area contributed by atoms with E-state index >= 15 is 0 Å². The summed E-state index contributed by atoms with van der Waals surface area (Å²) in [5, 5.41) is 12.6. The number of aromatic hydroxyl groups is 1. The molecule has 2 N–H and O–H groups in total. The molecule has 0 radical (unpaired) electrons. The summed E-state index contributed by atoms with van der Waals surface area (Å²) >= 11 is 17.4. The molecule has 12 heteroatoms. The summed E-state index contributed by atoms with van der Waals surface area (Å²) in [6, 6.07) is 2.69. The zero-order valence-corrected chi connectivity index (χ0v) is 21.7. The Labute approximate surface area is 218 Å². The van der Waals surface area contributed by atoms with E-state index in [0.29, 0.717) is 11.1 Å². The Morgan fingerprint density at radius 3 is 2.29 bits per heavy atom. The Hall–Kier alpha value is -2.30. The first kappa shape index (κ1) is 24.4. The van der Waals surface area contributed by atoms with Crippen molar-refractivity contribution in [3.8, 4) is 17.2 Å². The first-order valence-electron chi connectivity index (χ1n) is 10.8. The molecule has 0 bridgehead atoms. The van der Waals surface area contributed by atoms with Crippen molar-refractivity contribution in [3.63, 3.8) is 0 Å². The highest BCUT2D eigenvalue weighted by atomic mass is 79.9. The predicted octanol–water partition coefficient (Wildman–Crippen LogP) is 2.41. The summed E-state index contributed by atoms with van der Waals surface area (Å²) in [5.74, 6) is -5.12.